The molecule has 37 heavy (non-hydrogen) atoms. The quantitative estimate of drug-likeness (QED) is 0.217. The zero-order valence-corrected chi connectivity index (χ0v) is 20.5. The first kappa shape index (κ1) is 23.9. The monoisotopic (exact) mass is 499 g/mol. The molecule has 1 amide bonds. The molecule has 1 saturated heterocycles. The van der Waals surface area contributed by atoms with Crippen LogP contribution >= 0.6 is 0 Å². The largest absolute Gasteiger partial charge is 0.507 e. The van der Waals surface area contributed by atoms with Crippen molar-refractivity contribution in [3.8, 4) is 17.2 Å². The van der Waals surface area contributed by atoms with Gasteiger partial charge in [0.05, 0.1) is 43.5 Å². The minimum absolute atomic E-state index is 0.0649. The number of methoxy groups -OCH3 is 2. The third-order valence-electron chi connectivity index (χ3n) is 6.18. The van der Waals surface area contributed by atoms with Gasteiger partial charge in [-0.1, -0.05) is 24.3 Å². The minimum Gasteiger partial charge on any atom is -0.507 e. The van der Waals surface area contributed by atoms with Crippen molar-refractivity contribution in [1.29, 1.82) is 0 Å². The lowest BCUT2D eigenvalue weighted by atomic mass is 9.95. The van der Waals surface area contributed by atoms with Gasteiger partial charge < -0.3 is 24.3 Å². The van der Waals surface area contributed by atoms with Crippen LogP contribution in [0, 0.1) is 0 Å². The van der Waals surface area contributed by atoms with Gasteiger partial charge in [-0.05, 0) is 48.9 Å². The summed E-state index contributed by atoms with van der Waals surface area (Å²) in [6.45, 7) is 2.29. The van der Waals surface area contributed by atoms with Gasteiger partial charge >= 0.3 is 5.91 Å². The summed E-state index contributed by atoms with van der Waals surface area (Å²) in [5, 5.41) is 11.4. The van der Waals surface area contributed by atoms with E-state index in [0.29, 0.717) is 46.0 Å². The zero-order chi connectivity index (χ0) is 26.1. The Hall–Kier alpha value is -4.79. The first-order chi connectivity index (χ1) is 17.9. The number of nitrogens with zero attached hydrogens (tertiary/aromatic N) is 2. The SMILES string of the molecule is CCOc1cccc(/C(O)=C2\C(=O)C(=O)N(c3nc4ccc(OC)cc4[nH]3)C2c2cccc(OC)c2)c1. The van der Waals surface area contributed by atoms with Crippen molar-refractivity contribution in [3.05, 3.63) is 83.4 Å². The number of imidazole rings is 1. The molecule has 5 rings (SSSR count). The number of fused-ring (bicyclic) bond motifs is 1. The number of ether oxygens (including phenoxy) is 3. The number of benzene rings is 3. The summed E-state index contributed by atoms with van der Waals surface area (Å²) in [5.74, 6) is -0.108. The second-order valence-electron chi connectivity index (χ2n) is 8.35. The van der Waals surface area contributed by atoms with Crippen LogP contribution in [0.25, 0.3) is 16.8 Å². The van der Waals surface area contributed by atoms with Crippen LogP contribution in [0.15, 0.2) is 72.3 Å². The van der Waals surface area contributed by atoms with Crippen LogP contribution in [0.3, 0.4) is 0 Å². The zero-order valence-electron chi connectivity index (χ0n) is 20.5. The van der Waals surface area contributed by atoms with Crippen molar-refractivity contribution in [2.75, 3.05) is 25.7 Å². The Labute approximate surface area is 212 Å². The molecule has 1 atom stereocenters. The predicted octanol–water partition coefficient (Wildman–Crippen LogP) is 4.61. The number of aliphatic hydroxyl groups excluding tert-OH is 1. The number of carbonyl (C=O) groups is 2. The van der Waals surface area contributed by atoms with Gasteiger partial charge in [-0.2, -0.15) is 0 Å². The maximum Gasteiger partial charge on any atom is 0.302 e. The lowest BCUT2D eigenvalue weighted by molar-refractivity contribution is -0.132. The second kappa shape index (κ2) is 9.69. The molecule has 0 aliphatic carbocycles. The maximum absolute atomic E-state index is 13.4. The highest BCUT2D eigenvalue weighted by Crippen LogP contribution is 2.42. The van der Waals surface area contributed by atoms with Crippen LogP contribution in [0.1, 0.15) is 24.1 Å². The molecule has 0 radical (unpaired) electrons. The first-order valence-corrected chi connectivity index (χ1v) is 11.7. The van der Waals surface area contributed by atoms with Crippen molar-refractivity contribution >= 4 is 34.4 Å². The summed E-state index contributed by atoms with van der Waals surface area (Å²) in [6.07, 6.45) is 0. The lowest BCUT2D eigenvalue weighted by Gasteiger charge is -2.23. The van der Waals surface area contributed by atoms with E-state index in [-0.39, 0.29) is 17.3 Å². The molecule has 0 bridgehead atoms. The minimum atomic E-state index is -0.965. The summed E-state index contributed by atoms with van der Waals surface area (Å²) in [7, 11) is 3.09. The summed E-state index contributed by atoms with van der Waals surface area (Å²) in [5.41, 5.74) is 2.08. The Bertz CT molecular complexity index is 1540. The van der Waals surface area contributed by atoms with E-state index in [0.717, 1.165) is 0 Å². The average molecular weight is 500 g/mol. The smallest absolute Gasteiger partial charge is 0.302 e. The van der Waals surface area contributed by atoms with Crippen molar-refractivity contribution < 1.29 is 28.9 Å². The van der Waals surface area contributed by atoms with E-state index in [1.165, 1.54) is 12.0 Å². The molecule has 188 valence electrons. The van der Waals surface area contributed by atoms with Gasteiger partial charge in [-0.15, -0.1) is 0 Å². The van der Waals surface area contributed by atoms with Crippen LogP contribution in [0.5, 0.6) is 17.2 Å². The molecule has 1 aliphatic heterocycles. The summed E-state index contributed by atoms with van der Waals surface area (Å²) in [6, 6.07) is 18.0. The number of anilines is 1. The van der Waals surface area contributed by atoms with Gasteiger partial charge in [-0.25, -0.2) is 4.98 Å². The highest BCUT2D eigenvalue weighted by atomic mass is 16.5. The molecule has 2 N–H and O–H groups in total. The molecular weight excluding hydrogens is 474 g/mol. The van der Waals surface area contributed by atoms with Crippen molar-refractivity contribution in [3.63, 3.8) is 0 Å². The third kappa shape index (κ3) is 4.24. The number of aromatic nitrogens is 2. The van der Waals surface area contributed by atoms with E-state index in [1.807, 2.05) is 6.92 Å². The Kier molecular flexibility index (Phi) is 6.27. The lowest BCUT2D eigenvalue weighted by Crippen LogP contribution is -2.30. The van der Waals surface area contributed by atoms with Crippen LogP contribution in [0.2, 0.25) is 0 Å². The Morgan fingerprint density at radius 1 is 0.973 bits per heavy atom. The number of nitrogens with one attached hydrogen (secondary N) is 1. The van der Waals surface area contributed by atoms with Gasteiger partial charge in [-0.3, -0.25) is 14.5 Å². The fourth-order valence-corrected chi connectivity index (χ4v) is 4.45. The molecule has 1 unspecified atom stereocenters. The number of carbonyl (C=O) groups excluding carboxylic acids is 2. The first-order valence-electron chi connectivity index (χ1n) is 11.7. The van der Waals surface area contributed by atoms with Crippen LogP contribution in [0.4, 0.5) is 5.95 Å². The number of aliphatic hydroxyl groups is 1. The second-order valence-corrected chi connectivity index (χ2v) is 8.35. The van der Waals surface area contributed by atoms with E-state index in [9.17, 15) is 14.7 Å². The topological polar surface area (TPSA) is 114 Å². The highest BCUT2D eigenvalue weighted by molar-refractivity contribution is 6.51. The molecule has 1 fully saturated rings. The van der Waals surface area contributed by atoms with E-state index < -0.39 is 17.7 Å². The molecule has 0 saturated carbocycles. The van der Waals surface area contributed by atoms with E-state index >= 15 is 0 Å². The van der Waals surface area contributed by atoms with Crippen LogP contribution in [-0.2, 0) is 9.59 Å². The molecule has 1 aromatic heterocycles. The number of hydrogen-bond donors (Lipinski definition) is 2. The normalized spacial score (nSPS) is 16.8. The predicted molar refractivity (Wildman–Crippen MR) is 138 cm³/mol. The van der Waals surface area contributed by atoms with Crippen molar-refractivity contribution in [2.45, 2.75) is 13.0 Å². The molecule has 3 aromatic carbocycles. The number of Topliss-reactive ketones (excluding diaryl/α,β-unsaturated/α-hetero) is 1. The fraction of sp³-hybridized carbons (Fsp3) is 0.179. The number of ketones is 1. The highest BCUT2D eigenvalue weighted by Gasteiger charge is 2.48. The van der Waals surface area contributed by atoms with Crippen molar-refractivity contribution in [2.24, 2.45) is 0 Å². The average Bonchev–Trinajstić information content (AvgIpc) is 3.46. The van der Waals surface area contributed by atoms with Gasteiger partial charge in [0.25, 0.3) is 5.78 Å². The Balaban J connectivity index is 1.71. The van der Waals surface area contributed by atoms with Crippen LogP contribution in [-0.4, -0.2) is 47.6 Å². The van der Waals surface area contributed by atoms with Crippen LogP contribution < -0.4 is 19.1 Å². The molecule has 9 nitrogen and oxygen atoms in total. The van der Waals surface area contributed by atoms with E-state index in [2.05, 4.69) is 9.97 Å². The van der Waals surface area contributed by atoms with Gasteiger partial charge in [0, 0.05) is 11.6 Å². The standard InChI is InChI=1S/C28H25N3O6/c1-4-37-20-10-6-8-17(14-20)25(32)23-24(16-7-5-9-18(13-16)35-2)31(27(34)26(23)33)28-29-21-12-11-19(36-3)15-22(21)30-28/h5-15,24,32H,4H2,1-3H3,(H,29,30)/b25-23+. The van der Waals surface area contributed by atoms with Gasteiger partial charge in [0.2, 0.25) is 5.95 Å². The van der Waals surface area contributed by atoms with Gasteiger partial charge in [0.15, 0.2) is 0 Å². The fourth-order valence-electron chi connectivity index (χ4n) is 4.45. The number of aromatic amines is 1. The van der Waals surface area contributed by atoms with E-state index in [1.54, 1.807) is 73.8 Å². The maximum atomic E-state index is 13.4. The number of amides is 1. The summed E-state index contributed by atoms with van der Waals surface area (Å²) < 4.78 is 16.2. The number of H-pyrrole nitrogens is 1. The summed E-state index contributed by atoms with van der Waals surface area (Å²) in [4.78, 5) is 35.8. The van der Waals surface area contributed by atoms with Gasteiger partial charge in [0.1, 0.15) is 23.0 Å². The Morgan fingerprint density at radius 2 is 1.70 bits per heavy atom. The van der Waals surface area contributed by atoms with E-state index in [4.69, 9.17) is 14.2 Å². The molecule has 2 heterocycles. The molecule has 0 spiro atoms. The summed E-state index contributed by atoms with van der Waals surface area (Å²) >= 11 is 0. The molecule has 9 heteroatoms. The molecular formula is C28H25N3O6. The third-order valence-corrected chi connectivity index (χ3v) is 6.18. The molecule has 1 aliphatic rings. The molecule has 4 aromatic rings. The number of hydrogen-bond acceptors (Lipinski definition) is 7. The van der Waals surface area contributed by atoms with Crippen molar-refractivity contribution in [1.82, 2.24) is 9.97 Å². The number of rotatable bonds is 7. The Morgan fingerprint density at radius 3 is 2.46 bits per heavy atom.